The molecule has 1 fully saturated rings. The average molecular weight is 528 g/mol. The standard InChI is InChI=1S/C30H41NO7/c1-18(2)21-16-22-28(30(38)31(29(22)37)14-8-4-5-11-26(35)36)23(17-32)27(21)25(34)13-12-19(3)15-20-9-6-7-10-24(20)33/h6-7,9-10,15,18,22-23,25,28,32-34H,4-5,8,11-14,16-17H2,1-3H3,(H,35,36)/b19-15+/t22-,23+,25-,28-/m1/s1. The predicted octanol–water partition coefficient (Wildman–Crippen LogP) is 4.15. The van der Waals surface area contributed by atoms with E-state index >= 15 is 0 Å². The largest absolute Gasteiger partial charge is 0.507 e. The Morgan fingerprint density at radius 2 is 1.82 bits per heavy atom. The number of aromatic hydroxyl groups is 1. The number of carbonyl (C=O) groups excluding carboxylic acids is 2. The van der Waals surface area contributed by atoms with Crippen molar-refractivity contribution in [1.29, 1.82) is 0 Å². The van der Waals surface area contributed by atoms with Crippen LogP contribution in [0.25, 0.3) is 6.08 Å². The van der Waals surface area contributed by atoms with Crippen LogP contribution >= 0.6 is 0 Å². The smallest absolute Gasteiger partial charge is 0.303 e. The number of likely N-dealkylation sites (tertiary alicyclic amines) is 1. The predicted molar refractivity (Wildman–Crippen MR) is 144 cm³/mol. The number of hydrogen-bond donors (Lipinski definition) is 4. The zero-order valence-electron chi connectivity index (χ0n) is 22.6. The second kappa shape index (κ2) is 13.2. The third-order valence-electron chi connectivity index (χ3n) is 7.89. The maximum absolute atomic E-state index is 13.4. The van der Waals surface area contributed by atoms with Crippen molar-refractivity contribution in [2.75, 3.05) is 13.2 Å². The van der Waals surface area contributed by atoms with E-state index in [1.54, 1.807) is 12.1 Å². The lowest BCUT2D eigenvalue weighted by Gasteiger charge is -2.38. The molecule has 1 aliphatic carbocycles. The van der Waals surface area contributed by atoms with Crippen LogP contribution in [0, 0.1) is 23.7 Å². The van der Waals surface area contributed by atoms with E-state index in [1.807, 2.05) is 39.0 Å². The molecule has 0 spiro atoms. The molecule has 0 saturated carbocycles. The number of aliphatic hydroxyl groups excluding tert-OH is 2. The molecule has 4 N–H and O–H groups in total. The van der Waals surface area contributed by atoms with Crippen molar-refractivity contribution in [3.8, 4) is 5.75 Å². The number of carbonyl (C=O) groups is 3. The number of imide groups is 1. The Morgan fingerprint density at radius 1 is 1.11 bits per heavy atom. The Balaban J connectivity index is 1.76. The van der Waals surface area contributed by atoms with E-state index in [2.05, 4.69) is 0 Å². The molecule has 1 heterocycles. The Bertz CT molecular complexity index is 1090. The zero-order valence-corrected chi connectivity index (χ0v) is 22.6. The van der Waals surface area contributed by atoms with Crippen LogP contribution in [0.5, 0.6) is 5.75 Å². The molecule has 8 nitrogen and oxygen atoms in total. The van der Waals surface area contributed by atoms with Gasteiger partial charge in [0.2, 0.25) is 11.8 Å². The minimum atomic E-state index is -0.869. The number of benzene rings is 1. The third kappa shape index (κ3) is 6.72. The van der Waals surface area contributed by atoms with Crippen LogP contribution in [0.2, 0.25) is 0 Å². The van der Waals surface area contributed by atoms with Crippen LogP contribution in [0.15, 0.2) is 41.0 Å². The van der Waals surface area contributed by atoms with Crippen molar-refractivity contribution in [2.24, 2.45) is 23.7 Å². The van der Waals surface area contributed by atoms with Crippen molar-refractivity contribution in [3.63, 3.8) is 0 Å². The number of phenolic OH excluding ortho intramolecular Hbond substituents is 1. The van der Waals surface area contributed by atoms with Gasteiger partial charge < -0.3 is 20.4 Å². The Kier molecular flexibility index (Phi) is 10.3. The van der Waals surface area contributed by atoms with Crippen LogP contribution in [0.1, 0.15) is 71.3 Å². The third-order valence-corrected chi connectivity index (χ3v) is 7.89. The van der Waals surface area contributed by atoms with Gasteiger partial charge in [-0.1, -0.05) is 55.7 Å². The summed E-state index contributed by atoms with van der Waals surface area (Å²) in [7, 11) is 0. The fourth-order valence-corrected chi connectivity index (χ4v) is 5.92. The molecule has 2 aliphatic rings. The fraction of sp³-hybridized carbons (Fsp3) is 0.567. The molecule has 1 aromatic carbocycles. The normalized spacial score (nSPS) is 22.8. The molecule has 0 unspecified atom stereocenters. The van der Waals surface area contributed by atoms with Gasteiger partial charge in [-0.25, -0.2) is 0 Å². The summed E-state index contributed by atoms with van der Waals surface area (Å²) in [5, 5.41) is 40.6. The lowest BCUT2D eigenvalue weighted by atomic mass is 9.66. The van der Waals surface area contributed by atoms with Gasteiger partial charge in [0.1, 0.15) is 5.75 Å². The minimum Gasteiger partial charge on any atom is -0.507 e. The molecule has 8 heteroatoms. The first-order valence-corrected chi connectivity index (χ1v) is 13.6. The molecule has 2 amide bonds. The quantitative estimate of drug-likeness (QED) is 0.172. The first kappa shape index (κ1) is 29.6. The number of aliphatic hydroxyl groups is 2. The summed E-state index contributed by atoms with van der Waals surface area (Å²) < 4.78 is 0. The maximum Gasteiger partial charge on any atom is 0.303 e. The topological polar surface area (TPSA) is 135 Å². The van der Waals surface area contributed by atoms with E-state index < -0.39 is 29.8 Å². The Morgan fingerprint density at radius 3 is 2.45 bits per heavy atom. The molecular weight excluding hydrogens is 486 g/mol. The number of amides is 2. The molecule has 4 atom stereocenters. The highest BCUT2D eigenvalue weighted by molar-refractivity contribution is 6.05. The van der Waals surface area contributed by atoms with Gasteiger partial charge in [0.15, 0.2) is 0 Å². The van der Waals surface area contributed by atoms with Gasteiger partial charge in [-0.2, -0.15) is 0 Å². The fourth-order valence-electron chi connectivity index (χ4n) is 5.92. The van der Waals surface area contributed by atoms with Crippen LogP contribution in [-0.4, -0.2) is 62.4 Å². The summed E-state index contributed by atoms with van der Waals surface area (Å²) in [6.45, 7) is 5.85. The molecule has 0 aromatic heterocycles. The Hall–Kier alpha value is -2.97. The van der Waals surface area contributed by atoms with Crippen molar-refractivity contribution >= 4 is 23.9 Å². The number of phenols is 1. The lowest BCUT2D eigenvalue weighted by molar-refractivity contribution is -0.141. The van der Waals surface area contributed by atoms with Crippen LogP contribution in [-0.2, 0) is 14.4 Å². The van der Waals surface area contributed by atoms with Gasteiger partial charge in [-0.15, -0.1) is 0 Å². The second-order valence-corrected chi connectivity index (χ2v) is 10.9. The van der Waals surface area contributed by atoms with Gasteiger partial charge >= 0.3 is 5.97 Å². The van der Waals surface area contributed by atoms with Gasteiger partial charge in [0.25, 0.3) is 0 Å². The SMILES string of the molecule is C/C(=C\c1ccccc1O)CC[C@@H](O)C1=C(C(C)C)C[C@H]2C(=O)N(CCCCCC(=O)O)C(=O)[C@H]2[C@H]1CO. The summed E-state index contributed by atoms with van der Waals surface area (Å²) in [5.74, 6) is -3.04. The maximum atomic E-state index is 13.4. The molecule has 0 bridgehead atoms. The number of aliphatic carboxylic acids is 1. The van der Waals surface area contributed by atoms with Gasteiger partial charge in [0.05, 0.1) is 24.5 Å². The highest BCUT2D eigenvalue weighted by Crippen LogP contribution is 2.48. The zero-order chi connectivity index (χ0) is 28.0. The lowest BCUT2D eigenvalue weighted by Crippen LogP contribution is -2.40. The molecule has 3 rings (SSSR count). The average Bonchev–Trinajstić information content (AvgIpc) is 3.11. The molecule has 1 aliphatic heterocycles. The number of hydrogen-bond acceptors (Lipinski definition) is 6. The van der Waals surface area contributed by atoms with Crippen molar-refractivity contribution in [3.05, 3.63) is 46.5 Å². The number of carboxylic acids is 1. The first-order valence-electron chi connectivity index (χ1n) is 13.6. The van der Waals surface area contributed by atoms with E-state index in [-0.39, 0.29) is 43.1 Å². The molecule has 208 valence electrons. The summed E-state index contributed by atoms with van der Waals surface area (Å²) in [6, 6.07) is 7.04. The van der Waals surface area contributed by atoms with Crippen molar-refractivity contribution < 1.29 is 34.8 Å². The number of para-hydroxylation sites is 1. The monoisotopic (exact) mass is 527 g/mol. The van der Waals surface area contributed by atoms with E-state index in [1.165, 1.54) is 4.90 Å². The highest BCUT2D eigenvalue weighted by atomic mass is 16.4. The number of nitrogens with zero attached hydrogens (tertiary/aromatic N) is 1. The van der Waals surface area contributed by atoms with Crippen molar-refractivity contribution in [1.82, 2.24) is 4.90 Å². The second-order valence-electron chi connectivity index (χ2n) is 10.9. The first-order chi connectivity index (χ1) is 18.1. The van der Waals surface area contributed by atoms with E-state index in [0.29, 0.717) is 49.7 Å². The van der Waals surface area contributed by atoms with Crippen molar-refractivity contribution in [2.45, 2.75) is 71.8 Å². The van der Waals surface area contributed by atoms with E-state index in [0.717, 1.165) is 11.1 Å². The number of rotatable bonds is 13. The number of carboxylic acid groups (broad SMARTS) is 1. The number of allylic oxidation sites excluding steroid dienone is 2. The molecule has 1 aromatic rings. The van der Waals surface area contributed by atoms with Gasteiger partial charge in [-0.05, 0) is 56.6 Å². The van der Waals surface area contributed by atoms with Crippen LogP contribution in [0.3, 0.4) is 0 Å². The summed E-state index contributed by atoms with van der Waals surface area (Å²) >= 11 is 0. The number of unbranched alkanes of at least 4 members (excludes halogenated alkanes) is 2. The Labute approximate surface area is 224 Å². The molecule has 0 radical (unpaired) electrons. The summed E-state index contributed by atoms with van der Waals surface area (Å²) in [6.07, 6.45) is 4.05. The van der Waals surface area contributed by atoms with Gasteiger partial charge in [0, 0.05) is 24.4 Å². The van der Waals surface area contributed by atoms with Crippen LogP contribution in [0.4, 0.5) is 0 Å². The highest BCUT2D eigenvalue weighted by Gasteiger charge is 2.54. The minimum absolute atomic E-state index is 0.0422. The van der Waals surface area contributed by atoms with E-state index in [9.17, 15) is 29.7 Å². The summed E-state index contributed by atoms with van der Waals surface area (Å²) in [5.41, 5.74) is 3.30. The van der Waals surface area contributed by atoms with E-state index in [4.69, 9.17) is 5.11 Å². The van der Waals surface area contributed by atoms with Gasteiger partial charge in [-0.3, -0.25) is 19.3 Å². The molecule has 38 heavy (non-hydrogen) atoms. The molecule has 1 saturated heterocycles. The van der Waals surface area contributed by atoms with Crippen LogP contribution < -0.4 is 0 Å². The summed E-state index contributed by atoms with van der Waals surface area (Å²) in [4.78, 5) is 38.7. The number of fused-ring (bicyclic) bond motifs is 1. The molecular formula is C30H41NO7.